The number of amides is 1. The highest BCUT2D eigenvalue weighted by Crippen LogP contribution is 2.39. The summed E-state index contributed by atoms with van der Waals surface area (Å²) >= 11 is 7.77. The molecule has 13 heteroatoms. The zero-order valence-corrected chi connectivity index (χ0v) is 21.0. The number of pyridine rings is 1. The van der Waals surface area contributed by atoms with Crippen LogP contribution in [0.15, 0.2) is 63.5 Å². The number of carbonyl (C=O) groups excluding carboxylic acids is 1. The molecule has 1 aliphatic rings. The third kappa shape index (κ3) is 4.90. The highest BCUT2D eigenvalue weighted by atomic mass is 35.5. The third-order valence-electron chi connectivity index (χ3n) is 6.05. The van der Waals surface area contributed by atoms with E-state index in [0.29, 0.717) is 28.2 Å². The molecule has 1 aliphatic heterocycles. The van der Waals surface area contributed by atoms with E-state index in [9.17, 15) is 14.7 Å². The number of hydrogen-bond donors (Lipinski definition) is 4. The maximum atomic E-state index is 12.9. The van der Waals surface area contributed by atoms with Crippen molar-refractivity contribution in [3.05, 3.63) is 69.7 Å². The van der Waals surface area contributed by atoms with Gasteiger partial charge in [-0.3, -0.25) is 14.0 Å². The maximum Gasteiger partial charge on any atom is 0.274 e. The summed E-state index contributed by atoms with van der Waals surface area (Å²) in [7, 11) is 0. The zero-order chi connectivity index (χ0) is 26.1. The largest absolute Gasteiger partial charge is 0.493 e. The van der Waals surface area contributed by atoms with Crippen molar-refractivity contribution in [3.8, 4) is 5.88 Å². The molecule has 3 aromatic heterocycles. The van der Waals surface area contributed by atoms with Gasteiger partial charge in [-0.25, -0.2) is 9.97 Å². The first-order valence-corrected chi connectivity index (χ1v) is 12.6. The Hall–Kier alpha value is -3.87. The van der Waals surface area contributed by atoms with Gasteiger partial charge in [0.2, 0.25) is 5.88 Å². The number of carbonyl (C=O) groups is 1. The lowest BCUT2D eigenvalue weighted by molar-refractivity contribution is 0.102. The smallest absolute Gasteiger partial charge is 0.274 e. The van der Waals surface area contributed by atoms with Gasteiger partial charge in [0, 0.05) is 24.2 Å². The quantitative estimate of drug-likeness (QED) is 0.286. The number of nitrogens with zero attached hydrogens (tertiary/aromatic N) is 5. The number of rotatable bonds is 6. The lowest BCUT2D eigenvalue weighted by atomic mass is 10.1. The van der Waals surface area contributed by atoms with Crippen molar-refractivity contribution in [1.29, 1.82) is 0 Å². The molecular weight excluding hydrogens is 516 g/mol. The van der Waals surface area contributed by atoms with E-state index in [1.807, 2.05) is 0 Å². The first-order valence-electron chi connectivity index (χ1n) is 11.4. The molecular formula is C24H23ClN8O3S. The molecule has 0 radical (unpaired) electrons. The van der Waals surface area contributed by atoms with Gasteiger partial charge in [0.1, 0.15) is 16.5 Å². The molecule has 1 amide bonds. The minimum atomic E-state index is -0.845. The topological polar surface area (TPSA) is 165 Å². The highest BCUT2D eigenvalue weighted by molar-refractivity contribution is 7.99. The number of nitrogens with two attached hydrogens (primary N) is 2. The monoisotopic (exact) mass is 538 g/mol. The van der Waals surface area contributed by atoms with Crippen LogP contribution in [-0.4, -0.2) is 50.0 Å². The summed E-state index contributed by atoms with van der Waals surface area (Å²) in [5.74, 6) is -0.140. The Balaban J connectivity index is 1.37. The van der Waals surface area contributed by atoms with Crippen molar-refractivity contribution in [2.45, 2.75) is 16.3 Å². The summed E-state index contributed by atoms with van der Waals surface area (Å²) in [5.41, 5.74) is 11.2. The lowest BCUT2D eigenvalue weighted by Gasteiger charge is -2.18. The molecule has 1 aromatic carbocycles. The normalized spacial score (nSPS) is 15.3. The van der Waals surface area contributed by atoms with Gasteiger partial charge in [0.25, 0.3) is 11.5 Å². The van der Waals surface area contributed by atoms with E-state index in [1.54, 1.807) is 42.6 Å². The van der Waals surface area contributed by atoms with Crippen LogP contribution >= 0.6 is 23.4 Å². The molecule has 6 N–H and O–H groups in total. The Labute approximate surface area is 220 Å². The number of hydrogen-bond acceptors (Lipinski definition) is 10. The van der Waals surface area contributed by atoms with Gasteiger partial charge in [-0.05, 0) is 43.1 Å². The van der Waals surface area contributed by atoms with Crippen LogP contribution in [0.4, 0.5) is 17.3 Å². The number of halogens is 1. The summed E-state index contributed by atoms with van der Waals surface area (Å²) in [5, 5.41) is 13.5. The second-order valence-electron chi connectivity index (χ2n) is 8.47. The molecule has 1 saturated heterocycles. The van der Waals surface area contributed by atoms with E-state index < -0.39 is 22.9 Å². The van der Waals surface area contributed by atoms with E-state index in [4.69, 9.17) is 23.1 Å². The van der Waals surface area contributed by atoms with Crippen molar-refractivity contribution in [2.75, 3.05) is 35.6 Å². The second-order valence-corrected chi connectivity index (χ2v) is 9.88. The first-order chi connectivity index (χ1) is 17.9. The molecule has 4 heterocycles. The Kier molecular flexibility index (Phi) is 6.87. The molecule has 0 spiro atoms. The van der Waals surface area contributed by atoms with Crippen LogP contribution in [0.25, 0.3) is 5.65 Å². The predicted octanol–water partition coefficient (Wildman–Crippen LogP) is 2.61. The number of anilines is 3. The van der Waals surface area contributed by atoms with E-state index >= 15 is 0 Å². The van der Waals surface area contributed by atoms with Crippen LogP contribution in [0, 0.1) is 5.92 Å². The van der Waals surface area contributed by atoms with Crippen LogP contribution in [0.3, 0.4) is 0 Å². The number of nitrogens with one attached hydrogen (secondary N) is 1. The lowest BCUT2D eigenvalue weighted by Crippen LogP contribution is -2.27. The summed E-state index contributed by atoms with van der Waals surface area (Å²) < 4.78 is 1.17. The van der Waals surface area contributed by atoms with Crippen molar-refractivity contribution in [2.24, 2.45) is 11.7 Å². The minimum Gasteiger partial charge on any atom is -0.493 e. The highest BCUT2D eigenvalue weighted by Gasteiger charge is 2.24. The first kappa shape index (κ1) is 24.8. The van der Waals surface area contributed by atoms with Crippen molar-refractivity contribution < 1.29 is 9.90 Å². The van der Waals surface area contributed by atoms with Gasteiger partial charge in [0.15, 0.2) is 11.4 Å². The summed E-state index contributed by atoms with van der Waals surface area (Å²) in [6.07, 6.45) is 4.13. The van der Waals surface area contributed by atoms with E-state index in [2.05, 4.69) is 25.2 Å². The molecule has 0 bridgehead atoms. The molecule has 1 unspecified atom stereocenters. The van der Waals surface area contributed by atoms with Gasteiger partial charge >= 0.3 is 0 Å². The average Bonchev–Trinajstić information content (AvgIpc) is 3.37. The Bertz CT molecular complexity index is 1560. The number of benzene rings is 1. The van der Waals surface area contributed by atoms with E-state index in [1.165, 1.54) is 22.4 Å². The summed E-state index contributed by atoms with van der Waals surface area (Å²) in [6, 6.07) is 9.84. The van der Waals surface area contributed by atoms with Gasteiger partial charge < -0.3 is 26.8 Å². The van der Waals surface area contributed by atoms with Crippen LogP contribution < -0.4 is 27.2 Å². The number of aromatic hydroxyl groups is 1. The summed E-state index contributed by atoms with van der Waals surface area (Å²) in [6.45, 7) is 2.29. The van der Waals surface area contributed by atoms with Crippen molar-refractivity contribution in [3.63, 3.8) is 0 Å². The number of fused-ring (bicyclic) bond motifs is 1. The molecule has 0 aliphatic carbocycles. The molecule has 5 rings (SSSR count). The molecule has 4 aromatic rings. The van der Waals surface area contributed by atoms with Crippen LogP contribution in [0.1, 0.15) is 16.8 Å². The Morgan fingerprint density at radius 1 is 1.24 bits per heavy atom. The van der Waals surface area contributed by atoms with Crippen LogP contribution in [0.5, 0.6) is 5.88 Å². The molecule has 0 saturated carbocycles. The zero-order valence-electron chi connectivity index (χ0n) is 19.5. The fraction of sp³-hybridized carbons (Fsp3) is 0.208. The molecule has 1 atom stereocenters. The molecule has 1 fully saturated rings. The van der Waals surface area contributed by atoms with Gasteiger partial charge in [-0.15, -0.1) is 0 Å². The second kappa shape index (κ2) is 10.2. The van der Waals surface area contributed by atoms with Gasteiger partial charge in [-0.1, -0.05) is 35.5 Å². The minimum absolute atomic E-state index is 0.213. The Morgan fingerprint density at radius 3 is 2.84 bits per heavy atom. The third-order valence-corrected chi connectivity index (χ3v) is 7.64. The average molecular weight is 539 g/mol. The fourth-order valence-corrected chi connectivity index (χ4v) is 5.20. The summed E-state index contributed by atoms with van der Waals surface area (Å²) in [4.78, 5) is 41.3. The predicted molar refractivity (Wildman–Crippen MR) is 142 cm³/mol. The van der Waals surface area contributed by atoms with Crippen molar-refractivity contribution in [1.82, 2.24) is 19.4 Å². The van der Waals surface area contributed by atoms with E-state index in [0.717, 1.165) is 19.5 Å². The standard InChI is InChI=1S/C24H23ClN8O3S/c25-19-14(29-21(34)18-22(35)31-16-6-1-2-8-33(16)24(18)36)4-3-5-15(19)37-23-20(27)30-17(11-28-23)32-9-7-13(10-26)12-32/h1-6,8,11,13,35H,7,9-10,12,26H2,(H2,27,30)(H,29,34). The molecule has 190 valence electrons. The molecule has 37 heavy (non-hydrogen) atoms. The SMILES string of the molecule is NCC1CCN(c2cnc(Sc3cccc(NC(=O)c4c(O)nc5ccccn5c4=O)c3Cl)c(N)n2)C1. The Morgan fingerprint density at radius 2 is 2.08 bits per heavy atom. The maximum absolute atomic E-state index is 12.9. The van der Waals surface area contributed by atoms with Crippen LogP contribution in [-0.2, 0) is 0 Å². The van der Waals surface area contributed by atoms with Crippen LogP contribution in [0.2, 0.25) is 5.02 Å². The fourth-order valence-electron chi connectivity index (χ4n) is 4.10. The number of aromatic nitrogens is 4. The van der Waals surface area contributed by atoms with Gasteiger partial charge in [-0.2, -0.15) is 4.98 Å². The van der Waals surface area contributed by atoms with Crippen molar-refractivity contribution >= 4 is 52.2 Å². The van der Waals surface area contributed by atoms with Gasteiger partial charge in [0.05, 0.1) is 16.9 Å². The van der Waals surface area contributed by atoms with E-state index in [-0.39, 0.29) is 22.2 Å². The molecule has 11 nitrogen and oxygen atoms in total. The number of nitrogen functional groups attached to an aromatic ring is 1.